The predicted octanol–water partition coefficient (Wildman–Crippen LogP) is 2.89. The third-order valence-corrected chi connectivity index (χ3v) is 2.99. The van der Waals surface area contributed by atoms with Crippen LogP contribution in [-0.4, -0.2) is 23.4 Å². The molecule has 0 aromatic rings. The molecular weight excluding hydrogens is 172 g/mol. The molecule has 0 radical (unpaired) electrons. The summed E-state index contributed by atoms with van der Waals surface area (Å²) in [5.74, 6) is -2.29. The van der Waals surface area contributed by atoms with Crippen molar-refractivity contribution in [2.45, 2.75) is 39.2 Å². The lowest BCUT2D eigenvalue weighted by Gasteiger charge is -2.30. The Bertz CT molecular complexity index is 207. The van der Waals surface area contributed by atoms with E-state index in [1.807, 2.05) is 6.92 Å². The normalized spacial score (nSPS) is 29.5. The van der Waals surface area contributed by atoms with Crippen molar-refractivity contribution in [3.05, 3.63) is 12.3 Å². The molecule has 0 bridgehead atoms. The number of halogens is 2. The second kappa shape index (κ2) is 3.28. The fraction of sp³-hybridized carbons (Fsp3) is 0.800. The Morgan fingerprint density at radius 1 is 1.46 bits per heavy atom. The van der Waals surface area contributed by atoms with Crippen LogP contribution < -0.4 is 0 Å². The molecule has 0 N–H and O–H groups in total. The van der Waals surface area contributed by atoms with Gasteiger partial charge in [0.1, 0.15) is 0 Å². The van der Waals surface area contributed by atoms with Crippen molar-refractivity contribution < 1.29 is 8.78 Å². The van der Waals surface area contributed by atoms with Gasteiger partial charge in [-0.3, -0.25) is 0 Å². The van der Waals surface area contributed by atoms with Gasteiger partial charge in [0.15, 0.2) is 0 Å². The first-order chi connectivity index (χ1) is 5.84. The van der Waals surface area contributed by atoms with E-state index in [2.05, 4.69) is 13.5 Å². The van der Waals surface area contributed by atoms with Crippen molar-refractivity contribution in [2.24, 2.45) is 5.92 Å². The van der Waals surface area contributed by atoms with Crippen LogP contribution in [0.5, 0.6) is 0 Å². The lowest BCUT2D eigenvalue weighted by atomic mass is 10.0. The van der Waals surface area contributed by atoms with Gasteiger partial charge < -0.3 is 4.90 Å². The molecule has 1 fully saturated rings. The molecule has 0 saturated carbocycles. The van der Waals surface area contributed by atoms with Crippen LogP contribution >= 0.6 is 0 Å². The summed E-state index contributed by atoms with van der Waals surface area (Å²) in [6.07, 6.45) is 0.982. The van der Waals surface area contributed by atoms with Crippen molar-refractivity contribution in [1.82, 2.24) is 4.90 Å². The summed E-state index contributed by atoms with van der Waals surface area (Å²) < 4.78 is 25.9. The van der Waals surface area contributed by atoms with Crippen LogP contribution in [0.2, 0.25) is 0 Å². The van der Waals surface area contributed by atoms with E-state index >= 15 is 0 Å². The maximum absolute atomic E-state index is 12.9. The average molecular weight is 189 g/mol. The van der Waals surface area contributed by atoms with Gasteiger partial charge in [-0.05, 0) is 19.3 Å². The van der Waals surface area contributed by atoms with Gasteiger partial charge in [0.05, 0.1) is 5.70 Å². The highest BCUT2D eigenvalue weighted by atomic mass is 19.3. The molecule has 2 unspecified atom stereocenters. The Morgan fingerprint density at radius 3 is 2.31 bits per heavy atom. The van der Waals surface area contributed by atoms with E-state index in [0.29, 0.717) is 12.5 Å². The molecule has 0 aromatic heterocycles. The van der Waals surface area contributed by atoms with Crippen molar-refractivity contribution >= 4 is 0 Å². The fourth-order valence-electron chi connectivity index (χ4n) is 1.73. The molecule has 3 heteroatoms. The molecule has 2 atom stereocenters. The largest absolute Gasteiger partial charge is 0.367 e. The molecule has 13 heavy (non-hydrogen) atoms. The van der Waals surface area contributed by atoms with E-state index in [4.69, 9.17) is 0 Å². The molecule has 0 aliphatic carbocycles. The third-order valence-electron chi connectivity index (χ3n) is 2.99. The van der Waals surface area contributed by atoms with Gasteiger partial charge in [-0.2, -0.15) is 0 Å². The second-order valence-electron chi connectivity index (χ2n) is 4.04. The lowest BCUT2D eigenvalue weighted by Crippen LogP contribution is -2.35. The van der Waals surface area contributed by atoms with Gasteiger partial charge in [-0.25, -0.2) is 8.78 Å². The number of hydrogen-bond acceptors (Lipinski definition) is 1. The van der Waals surface area contributed by atoms with Crippen molar-refractivity contribution in [3.63, 3.8) is 0 Å². The van der Waals surface area contributed by atoms with Crippen LogP contribution in [0.4, 0.5) is 8.78 Å². The van der Waals surface area contributed by atoms with Crippen molar-refractivity contribution in [1.29, 1.82) is 0 Å². The quantitative estimate of drug-likeness (QED) is 0.645. The summed E-state index contributed by atoms with van der Waals surface area (Å²) in [4.78, 5) is 1.73. The number of nitrogens with zero attached hydrogens (tertiary/aromatic N) is 1. The maximum Gasteiger partial charge on any atom is 0.284 e. The summed E-state index contributed by atoms with van der Waals surface area (Å²) in [5, 5.41) is 0. The number of rotatable bonds is 2. The van der Waals surface area contributed by atoms with Crippen molar-refractivity contribution in [2.75, 3.05) is 6.54 Å². The van der Waals surface area contributed by atoms with Gasteiger partial charge in [0.25, 0.3) is 5.92 Å². The summed E-state index contributed by atoms with van der Waals surface area (Å²) in [5.41, 5.74) is -0.0376. The van der Waals surface area contributed by atoms with Gasteiger partial charge >= 0.3 is 0 Å². The Labute approximate surface area is 78.4 Å². The first-order valence-corrected chi connectivity index (χ1v) is 4.68. The first kappa shape index (κ1) is 10.5. The molecule has 1 saturated heterocycles. The van der Waals surface area contributed by atoms with Crippen LogP contribution in [0, 0.1) is 5.92 Å². The zero-order chi connectivity index (χ0) is 10.2. The molecule has 0 amide bonds. The van der Waals surface area contributed by atoms with E-state index in [0.717, 1.165) is 13.3 Å². The van der Waals surface area contributed by atoms with Gasteiger partial charge in [0, 0.05) is 19.5 Å². The molecule has 1 aliphatic rings. The molecule has 1 aliphatic heterocycles. The highest BCUT2D eigenvalue weighted by Gasteiger charge is 2.36. The number of alkyl halides is 2. The molecule has 0 aromatic carbocycles. The molecule has 76 valence electrons. The zero-order valence-corrected chi connectivity index (χ0v) is 8.48. The zero-order valence-electron chi connectivity index (χ0n) is 8.48. The molecular formula is C10H17F2N. The summed E-state index contributed by atoms with van der Waals surface area (Å²) in [6, 6.07) is 0.193. The summed E-state index contributed by atoms with van der Waals surface area (Å²) >= 11 is 0. The van der Waals surface area contributed by atoms with Crippen LogP contribution in [0.3, 0.4) is 0 Å². The fourth-order valence-corrected chi connectivity index (χ4v) is 1.73. The minimum Gasteiger partial charge on any atom is -0.367 e. The second-order valence-corrected chi connectivity index (χ2v) is 4.04. The van der Waals surface area contributed by atoms with Gasteiger partial charge in [0.2, 0.25) is 0 Å². The highest BCUT2D eigenvalue weighted by molar-refractivity contribution is 5.08. The Kier molecular flexibility index (Phi) is 2.64. The lowest BCUT2D eigenvalue weighted by molar-refractivity contribution is 0.0278. The number of hydrogen-bond donors (Lipinski definition) is 0. The van der Waals surface area contributed by atoms with Crippen molar-refractivity contribution in [3.8, 4) is 0 Å². The summed E-state index contributed by atoms with van der Waals surface area (Å²) in [6.45, 7) is 9.16. The Balaban J connectivity index is 2.69. The molecule has 0 spiro atoms. The third kappa shape index (κ3) is 2.01. The van der Waals surface area contributed by atoms with Crippen LogP contribution in [-0.2, 0) is 0 Å². The Morgan fingerprint density at radius 2 is 2.00 bits per heavy atom. The minimum absolute atomic E-state index is 0.0376. The molecule has 1 heterocycles. The van der Waals surface area contributed by atoms with Crippen LogP contribution in [0.15, 0.2) is 12.3 Å². The number of allylic oxidation sites excluding steroid dienone is 1. The van der Waals surface area contributed by atoms with E-state index in [9.17, 15) is 8.78 Å². The smallest absolute Gasteiger partial charge is 0.284 e. The topological polar surface area (TPSA) is 3.24 Å². The van der Waals surface area contributed by atoms with Gasteiger partial charge in [-0.15, -0.1) is 0 Å². The predicted molar refractivity (Wildman–Crippen MR) is 49.7 cm³/mol. The number of likely N-dealkylation sites (tertiary alicyclic amines) is 1. The van der Waals surface area contributed by atoms with E-state index in [1.54, 1.807) is 4.90 Å². The van der Waals surface area contributed by atoms with Crippen LogP contribution in [0.25, 0.3) is 0 Å². The average Bonchev–Trinajstić information content (AvgIpc) is 2.30. The van der Waals surface area contributed by atoms with Gasteiger partial charge in [-0.1, -0.05) is 13.5 Å². The summed E-state index contributed by atoms with van der Waals surface area (Å²) in [7, 11) is 0. The monoisotopic (exact) mass is 189 g/mol. The minimum atomic E-state index is -2.78. The van der Waals surface area contributed by atoms with E-state index in [1.165, 1.54) is 0 Å². The first-order valence-electron chi connectivity index (χ1n) is 4.68. The van der Waals surface area contributed by atoms with E-state index < -0.39 is 5.92 Å². The van der Waals surface area contributed by atoms with E-state index in [-0.39, 0.29) is 11.7 Å². The standard InChI is InChI=1S/C10H17F2N/c1-7-5-6-13(8(7)2)9(3)10(4,11)12/h7-8H,3,5-6H2,1-2,4H3. The highest BCUT2D eigenvalue weighted by Crippen LogP contribution is 2.33. The SMILES string of the molecule is C=C(N1CCC(C)C1C)C(C)(F)F. The molecule has 1 nitrogen and oxygen atoms in total. The van der Waals surface area contributed by atoms with Crippen LogP contribution in [0.1, 0.15) is 27.2 Å². The maximum atomic E-state index is 12.9. The Hall–Kier alpha value is -0.600. The molecule has 1 rings (SSSR count).